The van der Waals surface area contributed by atoms with E-state index in [4.69, 9.17) is 4.74 Å². The molecule has 0 spiro atoms. The molecule has 0 unspecified atom stereocenters. The molecule has 0 saturated heterocycles. The first kappa shape index (κ1) is 17.2. The molecule has 8 heteroatoms. The van der Waals surface area contributed by atoms with Crippen LogP contribution in [0, 0.1) is 5.82 Å². The number of aromatic nitrogens is 3. The van der Waals surface area contributed by atoms with E-state index in [-0.39, 0.29) is 17.7 Å². The highest BCUT2D eigenvalue weighted by Crippen LogP contribution is 2.26. The Morgan fingerprint density at radius 3 is 2.63 bits per heavy atom. The maximum atomic E-state index is 13.1. The summed E-state index contributed by atoms with van der Waals surface area (Å²) in [6.45, 7) is 2.47. The number of halogens is 1. The van der Waals surface area contributed by atoms with Gasteiger partial charge in [0.1, 0.15) is 11.6 Å². The van der Waals surface area contributed by atoms with Crippen molar-refractivity contribution in [3.05, 3.63) is 65.3 Å². The summed E-state index contributed by atoms with van der Waals surface area (Å²) in [7, 11) is 0. The molecule has 0 atom stereocenters. The van der Waals surface area contributed by atoms with Crippen molar-refractivity contribution in [2.75, 3.05) is 11.9 Å². The van der Waals surface area contributed by atoms with Crippen LogP contribution in [0.1, 0.15) is 17.3 Å². The fourth-order valence-corrected chi connectivity index (χ4v) is 3.43. The maximum absolute atomic E-state index is 13.1. The fraction of sp³-hybridized carbons (Fsp3) is 0.105. The van der Waals surface area contributed by atoms with Crippen LogP contribution in [0.5, 0.6) is 5.75 Å². The Hall–Kier alpha value is -3.26. The van der Waals surface area contributed by atoms with Crippen molar-refractivity contribution in [2.45, 2.75) is 6.92 Å². The summed E-state index contributed by atoms with van der Waals surface area (Å²) in [5.41, 5.74) is 2.08. The molecule has 2 heterocycles. The number of nitrogens with zero attached hydrogens (tertiary/aromatic N) is 3. The van der Waals surface area contributed by atoms with E-state index in [1.54, 1.807) is 40.9 Å². The van der Waals surface area contributed by atoms with Crippen LogP contribution in [0.2, 0.25) is 0 Å². The Balaban J connectivity index is 1.56. The molecular weight excluding hydrogens is 367 g/mol. The summed E-state index contributed by atoms with van der Waals surface area (Å²) in [6, 6.07) is 13.0. The van der Waals surface area contributed by atoms with Gasteiger partial charge in [0, 0.05) is 16.5 Å². The van der Waals surface area contributed by atoms with Crippen molar-refractivity contribution < 1.29 is 13.9 Å². The average Bonchev–Trinajstić information content (AvgIpc) is 3.23. The molecule has 0 bridgehead atoms. The van der Waals surface area contributed by atoms with Crippen molar-refractivity contribution >= 4 is 28.2 Å². The van der Waals surface area contributed by atoms with Crippen molar-refractivity contribution in [3.63, 3.8) is 0 Å². The Morgan fingerprint density at radius 2 is 1.93 bits per heavy atom. The molecule has 4 rings (SSSR count). The highest BCUT2D eigenvalue weighted by atomic mass is 32.1. The standard InChI is InChI=1S/C19H15FN4O2S/c1-2-26-15-9-5-13(6-10-15)17(25)21-18-22-19-24(23-18)16(11-27-19)12-3-7-14(20)8-4-12/h3-11H,2H2,1H3,(H,21,23,25). The average molecular weight is 382 g/mol. The molecule has 1 amide bonds. The topological polar surface area (TPSA) is 68.5 Å². The third-order valence-electron chi connectivity index (χ3n) is 3.87. The van der Waals surface area contributed by atoms with E-state index in [0.717, 1.165) is 11.3 Å². The minimum atomic E-state index is -0.306. The van der Waals surface area contributed by atoms with Gasteiger partial charge in [-0.2, -0.15) is 4.98 Å². The Labute approximate surface area is 158 Å². The predicted octanol–water partition coefficient (Wildman–Crippen LogP) is 4.25. The second kappa shape index (κ2) is 7.16. The second-order valence-electron chi connectivity index (χ2n) is 5.67. The largest absolute Gasteiger partial charge is 0.494 e. The van der Waals surface area contributed by atoms with Crippen molar-refractivity contribution in [3.8, 4) is 17.0 Å². The number of benzene rings is 2. The van der Waals surface area contributed by atoms with Gasteiger partial charge in [-0.15, -0.1) is 16.4 Å². The molecule has 1 N–H and O–H groups in total. The van der Waals surface area contributed by atoms with Crippen LogP contribution in [-0.4, -0.2) is 27.1 Å². The number of ether oxygens (including phenoxy) is 1. The van der Waals surface area contributed by atoms with Crippen LogP contribution < -0.4 is 10.1 Å². The predicted molar refractivity (Wildman–Crippen MR) is 102 cm³/mol. The zero-order chi connectivity index (χ0) is 18.8. The van der Waals surface area contributed by atoms with Gasteiger partial charge in [-0.05, 0) is 55.5 Å². The molecule has 136 valence electrons. The third kappa shape index (κ3) is 3.52. The molecule has 0 aliphatic heterocycles. The highest BCUT2D eigenvalue weighted by Gasteiger charge is 2.14. The lowest BCUT2D eigenvalue weighted by atomic mass is 10.2. The summed E-state index contributed by atoms with van der Waals surface area (Å²) in [6.07, 6.45) is 0. The summed E-state index contributed by atoms with van der Waals surface area (Å²) in [5, 5.41) is 8.94. The third-order valence-corrected chi connectivity index (χ3v) is 4.69. The van der Waals surface area contributed by atoms with E-state index >= 15 is 0 Å². The molecule has 0 fully saturated rings. The number of amides is 1. The number of rotatable bonds is 5. The number of hydrogen-bond acceptors (Lipinski definition) is 5. The van der Waals surface area contributed by atoms with Gasteiger partial charge in [-0.1, -0.05) is 0 Å². The number of anilines is 1. The van der Waals surface area contributed by atoms with Crippen LogP contribution in [-0.2, 0) is 0 Å². The molecule has 4 aromatic rings. The quantitative estimate of drug-likeness (QED) is 0.560. The van der Waals surface area contributed by atoms with E-state index in [0.29, 0.717) is 22.9 Å². The number of carbonyl (C=O) groups is 1. The van der Waals surface area contributed by atoms with E-state index in [9.17, 15) is 9.18 Å². The molecule has 2 aromatic heterocycles. The van der Waals surface area contributed by atoms with Crippen LogP contribution in [0.15, 0.2) is 53.9 Å². The molecule has 0 aliphatic carbocycles. The SMILES string of the molecule is CCOc1ccc(C(=O)Nc2nc3scc(-c4ccc(F)cc4)n3n2)cc1. The van der Waals surface area contributed by atoms with Gasteiger partial charge in [0.25, 0.3) is 11.9 Å². The van der Waals surface area contributed by atoms with Crippen LogP contribution in [0.3, 0.4) is 0 Å². The van der Waals surface area contributed by atoms with E-state index < -0.39 is 0 Å². The van der Waals surface area contributed by atoms with Gasteiger partial charge in [-0.25, -0.2) is 8.91 Å². The van der Waals surface area contributed by atoms with E-state index in [1.165, 1.54) is 23.5 Å². The van der Waals surface area contributed by atoms with Gasteiger partial charge in [0.05, 0.1) is 12.3 Å². The molecule has 0 saturated carbocycles. The van der Waals surface area contributed by atoms with Gasteiger partial charge >= 0.3 is 0 Å². The Bertz CT molecular complexity index is 1090. The lowest BCUT2D eigenvalue weighted by Gasteiger charge is -2.04. The van der Waals surface area contributed by atoms with Gasteiger partial charge < -0.3 is 4.74 Å². The van der Waals surface area contributed by atoms with Gasteiger partial charge in [0.2, 0.25) is 4.96 Å². The minimum absolute atomic E-state index is 0.212. The molecule has 0 radical (unpaired) electrons. The summed E-state index contributed by atoms with van der Waals surface area (Å²) >= 11 is 1.39. The van der Waals surface area contributed by atoms with E-state index in [2.05, 4.69) is 15.4 Å². The molecule has 2 aromatic carbocycles. The summed E-state index contributed by atoms with van der Waals surface area (Å²) < 4.78 is 20.1. The minimum Gasteiger partial charge on any atom is -0.494 e. The van der Waals surface area contributed by atoms with E-state index in [1.807, 2.05) is 12.3 Å². The zero-order valence-electron chi connectivity index (χ0n) is 14.3. The van der Waals surface area contributed by atoms with Crippen molar-refractivity contribution in [1.29, 1.82) is 0 Å². The number of thiazole rings is 1. The second-order valence-corrected chi connectivity index (χ2v) is 6.51. The first-order chi connectivity index (χ1) is 13.1. The first-order valence-corrected chi connectivity index (χ1v) is 9.16. The van der Waals surface area contributed by atoms with Crippen LogP contribution >= 0.6 is 11.3 Å². The lowest BCUT2D eigenvalue weighted by Crippen LogP contribution is -2.13. The van der Waals surface area contributed by atoms with Gasteiger partial charge in [-0.3, -0.25) is 10.1 Å². The van der Waals surface area contributed by atoms with Gasteiger partial charge in [0.15, 0.2) is 0 Å². The number of fused-ring (bicyclic) bond motifs is 1. The maximum Gasteiger partial charge on any atom is 0.258 e. The molecule has 27 heavy (non-hydrogen) atoms. The first-order valence-electron chi connectivity index (χ1n) is 8.28. The zero-order valence-corrected chi connectivity index (χ0v) is 15.2. The monoisotopic (exact) mass is 382 g/mol. The normalized spacial score (nSPS) is 10.9. The lowest BCUT2D eigenvalue weighted by molar-refractivity contribution is 0.102. The molecular formula is C19H15FN4O2S. The summed E-state index contributed by atoms with van der Waals surface area (Å²) in [5.74, 6) is 0.314. The van der Waals surface area contributed by atoms with Crippen molar-refractivity contribution in [1.82, 2.24) is 14.6 Å². The number of nitrogens with one attached hydrogen (secondary N) is 1. The van der Waals surface area contributed by atoms with Crippen LogP contribution in [0.25, 0.3) is 16.2 Å². The Morgan fingerprint density at radius 1 is 1.19 bits per heavy atom. The summed E-state index contributed by atoms with van der Waals surface area (Å²) in [4.78, 5) is 17.4. The molecule has 6 nitrogen and oxygen atoms in total. The van der Waals surface area contributed by atoms with Crippen molar-refractivity contribution in [2.24, 2.45) is 0 Å². The van der Waals surface area contributed by atoms with Crippen LogP contribution in [0.4, 0.5) is 10.3 Å². The smallest absolute Gasteiger partial charge is 0.258 e. The Kier molecular flexibility index (Phi) is 4.55. The molecule has 0 aliphatic rings. The highest BCUT2D eigenvalue weighted by molar-refractivity contribution is 7.15. The number of hydrogen-bond donors (Lipinski definition) is 1. The number of carbonyl (C=O) groups excluding carboxylic acids is 1. The fourth-order valence-electron chi connectivity index (χ4n) is 2.60.